The first-order chi connectivity index (χ1) is 11.7. The molecule has 0 unspecified atom stereocenters. The van der Waals surface area contributed by atoms with Gasteiger partial charge in [-0.25, -0.2) is 4.98 Å². The SMILES string of the molecule is CCC1CCC(c2ccc(C#Cc3ccc(Cl)nc3F)cc2)CC1. The number of halogens is 2. The normalized spacial score (nSPS) is 20.3. The van der Waals surface area contributed by atoms with E-state index in [1.165, 1.54) is 37.7 Å². The third-order valence-electron chi connectivity index (χ3n) is 4.96. The van der Waals surface area contributed by atoms with Crippen LogP contribution in [0.3, 0.4) is 0 Å². The van der Waals surface area contributed by atoms with Gasteiger partial charge in [-0.2, -0.15) is 4.39 Å². The van der Waals surface area contributed by atoms with Gasteiger partial charge < -0.3 is 0 Å². The highest BCUT2D eigenvalue weighted by Crippen LogP contribution is 2.36. The van der Waals surface area contributed by atoms with Gasteiger partial charge in [0.2, 0.25) is 5.95 Å². The van der Waals surface area contributed by atoms with Gasteiger partial charge in [-0.15, -0.1) is 0 Å². The Labute approximate surface area is 148 Å². The van der Waals surface area contributed by atoms with E-state index in [1.807, 2.05) is 12.1 Å². The van der Waals surface area contributed by atoms with Crippen molar-refractivity contribution in [1.82, 2.24) is 4.98 Å². The molecule has 0 N–H and O–H groups in total. The summed E-state index contributed by atoms with van der Waals surface area (Å²) < 4.78 is 13.6. The fourth-order valence-corrected chi connectivity index (χ4v) is 3.52. The van der Waals surface area contributed by atoms with Crippen molar-refractivity contribution in [3.05, 3.63) is 64.2 Å². The molecule has 0 atom stereocenters. The minimum Gasteiger partial charge on any atom is -0.207 e. The lowest BCUT2D eigenvalue weighted by molar-refractivity contribution is 0.319. The standard InChI is InChI=1S/C21H21ClFN/c1-2-15-3-8-17(9-4-15)18-10-5-16(6-11-18)7-12-19-13-14-20(22)24-21(19)23/h5-6,10-11,13-15,17H,2-4,8-9H2,1H3. The van der Waals surface area contributed by atoms with Crippen molar-refractivity contribution in [1.29, 1.82) is 0 Å². The van der Waals surface area contributed by atoms with Crippen LogP contribution in [0.15, 0.2) is 36.4 Å². The Bertz CT molecular complexity index is 750. The summed E-state index contributed by atoms with van der Waals surface area (Å²) in [5.41, 5.74) is 2.55. The number of hydrogen-bond acceptors (Lipinski definition) is 1. The Balaban J connectivity index is 1.68. The molecule has 124 valence electrons. The zero-order valence-corrected chi connectivity index (χ0v) is 14.6. The molecule has 1 aromatic heterocycles. The molecule has 3 rings (SSSR count). The van der Waals surface area contributed by atoms with Crippen LogP contribution in [0, 0.1) is 23.7 Å². The van der Waals surface area contributed by atoms with Gasteiger partial charge in [0, 0.05) is 5.56 Å². The van der Waals surface area contributed by atoms with E-state index in [-0.39, 0.29) is 10.7 Å². The number of rotatable bonds is 2. The summed E-state index contributed by atoms with van der Waals surface area (Å²) in [7, 11) is 0. The second-order valence-corrected chi connectivity index (χ2v) is 6.86. The van der Waals surface area contributed by atoms with E-state index >= 15 is 0 Å². The number of pyridine rings is 1. The molecular weight excluding hydrogens is 321 g/mol. The molecule has 0 bridgehead atoms. The highest BCUT2D eigenvalue weighted by Gasteiger charge is 2.20. The van der Waals surface area contributed by atoms with Gasteiger partial charge >= 0.3 is 0 Å². The summed E-state index contributed by atoms with van der Waals surface area (Å²) in [5.74, 6) is 6.78. The van der Waals surface area contributed by atoms with Crippen molar-refractivity contribution in [2.45, 2.75) is 44.9 Å². The zero-order valence-electron chi connectivity index (χ0n) is 13.9. The van der Waals surface area contributed by atoms with Crippen LogP contribution in [0.4, 0.5) is 4.39 Å². The molecule has 0 aliphatic heterocycles. The fourth-order valence-electron chi connectivity index (χ4n) is 3.39. The molecule has 0 saturated heterocycles. The summed E-state index contributed by atoms with van der Waals surface area (Å²) in [6, 6.07) is 11.5. The lowest BCUT2D eigenvalue weighted by Crippen LogP contribution is -2.12. The Morgan fingerprint density at radius 1 is 1.04 bits per heavy atom. The first-order valence-electron chi connectivity index (χ1n) is 8.59. The summed E-state index contributed by atoms with van der Waals surface area (Å²) in [5, 5.41) is 0.139. The van der Waals surface area contributed by atoms with Crippen LogP contribution in [0.2, 0.25) is 5.15 Å². The van der Waals surface area contributed by atoms with Crippen molar-refractivity contribution in [3.8, 4) is 11.8 Å². The van der Waals surface area contributed by atoms with Crippen LogP contribution in [0.25, 0.3) is 0 Å². The predicted molar refractivity (Wildman–Crippen MR) is 96.6 cm³/mol. The van der Waals surface area contributed by atoms with Gasteiger partial charge in [-0.05, 0) is 67.3 Å². The van der Waals surface area contributed by atoms with Crippen LogP contribution in [0.5, 0.6) is 0 Å². The second-order valence-electron chi connectivity index (χ2n) is 6.47. The average Bonchev–Trinajstić information content (AvgIpc) is 2.62. The van der Waals surface area contributed by atoms with Gasteiger partial charge in [0.05, 0.1) is 5.56 Å². The van der Waals surface area contributed by atoms with Crippen LogP contribution >= 0.6 is 11.6 Å². The molecule has 24 heavy (non-hydrogen) atoms. The van der Waals surface area contributed by atoms with Crippen molar-refractivity contribution < 1.29 is 4.39 Å². The highest BCUT2D eigenvalue weighted by atomic mass is 35.5. The quantitative estimate of drug-likeness (QED) is 0.485. The number of benzene rings is 1. The summed E-state index contributed by atoms with van der Waals surface area (Å²) in [4.78, 5) is 3.57. The number of nitrogens with zero attached hydrogens (tertiary/aromatic N) is 1. The molecule has 0 spiro atoms. The predicted octanol–water partition coefficient (Wildman–Crippen LogP) is 5.96. The highest BCUT2D eigenvalue weighted by molar-refractivity contribution is 6.29. The van der Waals surface area contributed by atoms with E-state index in [9.17, 15) is 4.39 Å². The van der Waals surface area contributed by atoms with E-state index in [4.69, 9.17) is 11.6 Å². The topological polar surface area (TPSA) is 12.9 Å². The van der Waals surface area contributed by atoms with Crippen LogP contribution in [0.1, 0.15) is 61.6 Å². The molecule has 1 aliphatic rings. The summed E-state index contributed by atoms with van der Waals surface area (Å²) in [6.45, 7) is 2.29. The second kappa shape index (κ2) is 7.81. The third kappa shape index (κ3) is 4.16. The summed E-state index contributed by atoms with van der Waals surface area (Å²) >= 11 is 5.64. The van der Waals surface area contributed by atoms with Crippen LogP contribution in [-0.4, -0.2) is 4.98 Å². The average molecular weight is 342 g/mol. The molecule has 3 heteroatoms. The van der Waals surface area contributed by atoms with Crippen molar-refractivity contribution in [2.75, 3.05) is 0 Å². The third-order valence-corrected chi connectivity index (χ3v) is 5.17. The van der Waals surface area contributed by atoms with Gasteiger partial charge in [0.15, 0.2) is 0 Å². The van der Waals surface area contributed by atoms with E-state index in [0.717, 1.165) is 11.5 Å². The largest absolute Gasteiger partial charge is 0.230 e. The molecule has 1 saturated carbocycles. The smallest absolute Gasteiger partial charge is 0.207 e. The van der Waals surface area contributed by atoms with Crippen molar-refractivity contribution >= 4 is 11.6 Å². The molecule has 1 aliphatic carbocycles. The lowest BCUT2D eigenvalue weighted by Gasteiger charge is -2.28. The monoisotopic (exact) mass is 341 g/mol. The minimum atomic E-state index is -0.626. The first-order valence-corrected chi connectivity index (χ1v) is 8.97. The lowest BCUT2D eigenvalue weighted by atomic mass is 9.78. The van der Waals surface area contributed by atoms with Gasteiger partial charge in [0.1, 0.15) is 5.15 Å². The molecule has 0 radical (unpaired) electrons. The van der Waals surface area contributed by atoms with Crippen molar-refractivity contribution in [2.24, 2.45) is 5.92 Å². The minimum absolute atomic E-state index is 0.139. The van der Waals surface area contributed by atoms with E-state index in [1.54, 1.807) is 12.1 Å². The number of hydrogen-bond donors (Lipinski definition) is 0. The van der Waals surface area contributed by atoms with Crippen molar-refractivity contribution in [3.63, 3.8) is 0 Å². The first kappa shape index (κ1) is 17.0. The maximum atomic E-state index is 13.6. The maximum Gasteiger partial charge on any atom is 0.230 e. The van der Waals surface area contributed by atoms with E-state index in [2.05, 4.69) is 35.9 Å². The van der Waals surface area contributed by atoms with E-state index in [0.29, 0.717) is 5.92 Å². The fraction of sp³-hybridized carbons (Fsp3) is 0.381. The molecule has 1 heterocycles. The van der Waals surface area contributed by atoms with Crippen LogP contribution < -0.4 is 0 Å². The summed E-state index contributed by atoms with van der Waals surface area (Å²) in [6.07, 6.45) is 6.55. The zero-order chi connectivity index (χ0) is 16.9. The Morgan fingerprint density at radius 2 is 1.75 bits per heavy atom. The maximum absolute atomic E-state index is 13.6. The molecular formula is C21H21ClFN. The molecule has 0 amide bonds. The molecule has 2 aromatic rings. The Kier molecular flexibility index (Phi) is 5.53. The van der Waals surface area contributed by atoms with Gasteiger partial charge in [-0.1, -0.05) is 48.9 Å². The Morgan fingerprint density at radius 3 is 2.38 bits per heavy atom. The van der Waals surface area contributed by atoms with Crippen LogP contribution in [-0.2, 0) is 0 Å². The molecule has 1 nitrogen and oxygen atoms in total. The van der Waals surface area contributed by atoms with Gasteiger partial charge in [-0.3, -0.25) is 0 Å². The number of aromatic nitrogens is 1. The Hall–Kier alpha value is -1.85. The van der Waals surface area contributed by atoms with E-state index < -0.39 is 5.95 Å². The molecule has 1 aromatic carbocycles. The van der Waals surface area contributed by atoms with Gasteiger partial charge in [0.25, 0.3) is 0 Å². The molecule has 1 fully saturated rings.